The number of halogens is 1. The monoisotopic (exact) mass is 276 g/mol. The number of nitrogens with one attached hydrogen (secondary N) is 2. The first-order valence-electron chi connectivity index (χ1n) is 5.67. The van der Waals surface area contributed by atoms with Crippen molar-refractivity contribution in [3.05, 3.63) is 46.9 Å². The van der Waals surface area contributed by atoms with Gasteiger partial charge in [-0.05, 0) is 24.6 Å². The van der Waals surface area contributed by atoms with E-state index in [0.29, 0.717) is 22.1 Å². The minimum Gasteiger partial charge on any atom is -0.372 e. The summed E-state index contributed by atoms with van der Waals surface area (Å²) in [6.07, 6.45) is 4.78. The molecule has 2 rings (SSSR count). The van der Waals surface area contributed by atoms with Crippen LogP contribution in [-0.2, 0) is 0 Å². The molecular formula is C13H13ClN4O. The number of carbonyl (C=O) groups is 1. The van der Waals surface area contributed by atoms with E-state index in [4.69, 9.17) is 11.6 Å². The molecule has 1 amide bonds. The maximum absolute atomic E-state index is 12.1. The third-order valence-electron chi connectivity index (χ3n) is 2.61. The fourth-order valence-electron chi connectivity index (χ4n) is 1.55. The Labute approximate surface area is 116 Å². The minimum atomic E-state index is -0.258. The normalized spacial score (nSPS) is 10.1. The molecule has 98 valence electrons. The quantitative estimate of drug-likeness (QED) is 0.905. The van der Waals surface area contributed by atoms with E-state index in [9.17, 15) is 4.79 Å². The largest absolute Gasteiger partial charge is 0.372 e. The van der Waals surface area contributed by atoms with Crippen LogP contribution in [0.1, 0.15) is 15.9 Å². The predicted octanol–water partition coefficient (Wildman–Crippen LogP) is 2.73. The molecule has 19 heavy (non-hydrogen) atoms. The molecule has 0 aromatic carbocycles. The highest BCUT2D eigenvalue weighted by Gasteiger charge is 2.10. The van der Waals surface area contributed by atoms with E-state index in [1.54, 1.807) is 31.6 Å². The molecule has 0 spiro atoms. The number of pyridine rings is 2. The lowest BCUT2D eigenvalue weighted by Gasteiger charge is -2.08. The fourth-order valence-corrected chi connectivity index (χ4v) is 1.82. The van der Waals surface area contributed by atoms with Gasteiger partial charge in [-0.2, -0.15) is 0 Å². The summed E-state index contributed by atoms with van der Waals surface area (Å²) >= 11 is 5.99. The number of hydrogen-bond acceptors (Lipinski definition) is 4. The zero-order valence-electron chi connectivity index (χ0n) is 10.6. The van der Waals surface area contributed by atoms with Crippen molar-refractivity contribution in [1.82, 2.24) is 9.97 Å². The maximum atomic E-state index is 12.1. The van der Waals surface area contributed by atoms with Crippen molar-refractivity contribution in [3.63, 3.8) is 0 Å². The molecule has 2 heterocycles. The van der Waals surface area contributed by atoms with E-state index >= 15 is 0 Å². The van der Waals surface area contributed by atoms with Crippen molar-refractivity contribution in [2.24, 2.45) is 0 Å². The molecule has 2 N–H and O–H groups in total. The van der Waals surface area contributed by atoms with Crippen LogP contribution in [0.2, 0.25) is 5.02 Å². The number of carbonyl (C=O) groups excluding carboxylic acids is 1. The van der Waals surface area contributed by atoms with Gasteiger partial charge in [0.2, 0.25) is 0 Å². The Hall–Kier alpha value is -2.14. The topological polar surface area (TPSA) is 66.9 Å². The lowest BCUT2D eigenvalue weighted by Crippen LogP contribution is -2.13. The molecule has 0 saturated heterocycles. The first-order chi connectivity index (χ1) is 9.11. The van der Waals surface area contributed by atoms with Crippen LogP contribution >= 0.6 is 11.6 Å². The van der Waals surface area contributed by atoms with Crippen LogP contribution in [0.25, 0.3) is 0 Å². The summed E-state index contributed by atoms with van der Waals surface area (Å²) in [5, 5.41) is 6.03. The summed E-state index contributed by atoms with van der Waals surface area (Å²) in [7, 11) is 1.72. The number of nitrogens with zero attached hydrogens (tertiary/aromatic N) is 2. The first kappa shape index (κ1) is 13.3. The number of amides is 1. The van der Waals surface area contributed by atoms with E-state index in [1.165, 1.54) is 6.20 Å². The molecule has 0 aliphatic heterocycles. The molecule has 0 aliphatic carbocycles. The fraction of sp³-hybridized carbons (Fsp3) is 0.154. The van der Waals surface area contributed by atoms with Gasteiger partial charge in [-0.25, -0.2) is 4.98 Å². The highest BCUT2D eigenvalue weighted by molar-refractivity contribution is 6.33. The van der Waals surface area contributed by atoms with Crippen molar-refractivity contribution >= 4 is 29.0 Å². The Morgan fingerprint density at radius 1 is 1.37 bits per heavy atom. The minimum absolute atomic E-state index is 0.258. The molecule has 0 saturated carbocycles. The second kappa shape index (κ2) is 5.67. The Bertz CT molecular complexity index is 615. The zero-order valence-corrected chi connectivity index (χ0v) is 11.3. The molecule has 0 atom stereocenters. The number of aromatic nitrogens is 2. The van der Waals surface area contributed by atoms with Crippen molar-refractivity contribution in [2.75, 3.05) is 17.7 Å². The Balaban J connectivity index is 2.21. The van der Waals surface area contributed by atoms with E-state index in [-0.39, 0.29) is 5.91 Å². The summed E-state index contributed by atoms with van der Waals surface area (Å²) in [5.74, 6) is 0.282. The summed E-state index contributed by atoms with van der Waals surface area (Å²) < 4.78 is 0. The van der Waals surface area contributed by atoms with Crippen molar-refractivity contribution in [3.8, 4) is 0 Å². The molecule has 0 unspecified atom stereocenters. The highest BCUT2D eigenvalue weighted by atomic mass is 35.5. The van der Waals surface area contributed by atoms with E-state index in [2.05, 4.69) is 20.6 Å². The second-order valence-corrected chi connectivity index (χ2v) is 4.36. The number of aryl methyl sites for hydroxylation is 1. The van der Waals surface area contributed by atoms with Crippen molar-refractivity contribution in [1.29, 1.82) is 0 Å². The molecule has 0 bridgehead atoms. The van der Waals surface area contributed by atoms with Crippen LogP contribution in [0.5, 0.6) is 0 Å². The standard InChI is InChI=1S/C13H13ClN4O/c1-8-6-16-4-3-11(8)18-13(19)9-5-10(14)12(15-2)17-7-9/h3-7H,1-2H3,(H,15,17)(H,16,18,19). The number of rotatable bonds is 3. The average molecular weight is 277 g/mol. The van der Waals surface area contributed by atoms with E-state index < -0.39 is 0 Å². The van der Waals surface area contributed by atoms with Gasteiger partial charge in [0.1, 0.15) is 5.82 Å². The van der Waals surface area contributed by atoms with Crippen molar-refractivity contribution < 1.29 is 4.79 Å². The van der Waals surface area contributed by atoms with Gasteiger partial charge in [0, 0.05) is 31.3 Å². The molecule has 0 aliphatic rings. The van der Waals surface area contributed by atoms with Gasteiger partial charge in [-0.1, -0.05) is 11.6 Å². The molecular weight excluding hydrogens is 264 g/mol. The zero-order chi connectivity index (χ0) is 13.8. The van der Waals surface area contributed by atoms with Crippen LogP contribution in [0, 0.1) is 6.92 Å². The summed E-state index contributed by atoms with van der Waals surface area (Å²) in [5.41, 5.74) is 2.01. The van der Waals surface area contributed by atoms with E-state index in [0.717, 1.165) is 5.56 Å². The molecule has 2 aromatic rings. The second-order valence-electron chi connectivity index (χ2n) is 3.95. The third-order valence-corrected chi connectivity index (χ3v) is 2.90. The molecule has 5 nitrogen and oxygen atoms in total. The summed E-state index contributed by atoms with van der Waals surface area (Å²) in [6, 6.07) is 3.32. The van der Waals surface area contributed by atoms with Gasteiger partial charge < -0.3 is 10.6 Å². The lowest BCUT2D eigenvalue weighted by molar-refractivity contribution is 0.102. The van der Waals surface area contributed by atoms with Gasteiger partial charge >= 0.3 is 0 Å². The van der Waals surface area contributed by atoms with Crippen LogP contribution in [0.15, 0.2) is 30.7 Å². The van der Waals surface area contributed by atoms with Crippen LogP contribution < -0.4 is 10.6 Å². The average Bonchev–Trinajstić information content (AvgIpc) is 2.41. The highest BCUT2D eigenvalue weighted by Crippen LogP contribution is 2.20. The molecule has 0 fully saturated rings. The SMILES string of the molecule is CNc1ncc(C(=O)Nc2ccncc2C)cc1Cl. The van der Waals surface area contributed by atoms with Crippen molar-refractivity contribution in [2.45, 2.75) is 6.92 Å². The maximum Gasteiger partial charge on any atom is 0.257 e. The van der Waals surface area contributed by atoms with Gasteiger partial charge in [0.25, 0.3) is 5.91 Å². The number of anilines is 2. The van der Waals surface area contributed by atoms with Gasteiger partial charge in [0.05, 0.1) is 10.6 Å². The van der Waals surface area contributed by atoms with Gasteiger partial charge in [-0.3, -0.25) is 9.78 Å². The predicted molar refractivity (Wildman–Crippen MR) is 75.7 cm³/mol. The Morgan fingerprint density at radius 2 is 2.16 bits per heavy atom. The van der Waals surface area contributed by atoms with Gasteiger partial charge in [0.15, 0.2) is 0 Å². The van der Waals surface area contributed by atoms with Crippen LogP contribution in [0.3, 0.4) is 0 Å². The lowest BCUT2D eigenvalue weighted by atomic mass is 10.2. The van der Waals surface area contributed by atoms with Gasteiger partial charge in [-0.15, -0.1) is 0 Å². The molecule has 2 aromatic heterocycles. The third kappa shape index (κ3) is 3.00. The van der Waals surface area contributed by atoms with E-state index in [1.807, 2.05) is 6.92 Å². The number of hydrogen-bond donors (Lipinski definition) is 2. The summed E-state index contributed by atoms with van der Waals surface area (Å²) in [4.78, 5) is 20.1. The molecule has 6 heteroatoms. The van der Waals surface area contributed by atoms with Crippen LogP contribution in [0.4, 0.5) is 11.5 Å². The smallest absolute Gasteiger partial charge is 0.257 e. The summed E-state index contributed by atoms with van der Waals surface area (Å²) in [6.45, 7) is 1.87. The first-order valence-corrected chi connectivity index (χ1v) is 6.05. The molecule has 0 radical (unpaired) electrons. The Morgan fingerprint density at radius 3 is 2.79 bits per heavy atom. The van der Waals surface area contributed by atoms with Crippen LogP contribution in [-0.4, -0.2) is 22.9 Å². The Kier molecular flexibility index (Phi) is 3.97.